The summed E-state index contributed by atoms with van der Waals surface area (Å²) < 4.78 is 0. The van der Waals surface area contributed by atoms with E-state index in [4.69, 9.17) is 0 Å². The van der Waals surface area contributed by atoms with Crippen LogP contribution in [0.5, 0.6) is 0 Å². The Morgan fingerprint density at radius 2 is 2.04 bits per heavy atom. The third-order valence-corrected chi connectivity index (χ3v) is 5.75. The van der Waals surface area contributed by atoms with E-state index in [1.54, 1.807) is 0 Å². The predicted octanol–water partition coefficient (Wildman–Crippen LogP) is 2.25. The van der Waals surface area contributed by atoms with Crippen LogP contribution >= 0.6 is 0 Å². The number of piperazine rings is 1. The van der Waals surface area contributed by atoms with E-state index < -0.39 is 0 Å². The molecule has 4 rings (SSSR count). The van der Waals surface area contributed by atoms with Crippen molar-refractivity contribution in [1.82, 2.24) is 20.1 Å². The Morgan fingerprint density at radius 3 is 2.79 bits per heavy atom. The summed E-state index contributed by atoms with van der Waals surface area (Å²) in [6.45, 7) is 5.15. The second-order valence-electron chi connectivity index (χ2n) is 7.71. The maximum absolute atomic E-state index is 12.2. The van der Waals surface area contributed by atoms with Gasteiger partial charge in [-0.2, -0.15) is 0 Å². The van der Waals surface area contributed by atoms with E-state index >= 15 is 0 Å². The highest BCUT2D eigenvalue weighted by Gasteiger charge is 2.29. The number of carbonyl (C=O) groups is 1. The van der Waals surface area contributed by atoms with E-state index in [9.17, 15) is 4.79 Å². The van der Waals surface area contributed by atoms with Crippen LogP contribution in [-0.4, -0.2) is 66.5 Å². The van der Waals surface area contributed by atoms with Crippen LogP contribution < -0.4 is 10.2 Å². The van der Waals surface area contributed by atoms with Crippen LogP contribution in [0.15, 0.2) is 48.7 Å². The molecule has 1 amide bonds. The Kier molecular flexibility index (Phi) is 5.88. The Bertz CT molecular complexity index is 779. The lowest BCUT2D eigenvalue weighted by Gasteiger charge is -2.41. The van der Waals surface area contributed by atoms with Gasteiger partial charge >= 0.3 is 0 Å². The lowest BCUT2D eigenvalue weighted by atomic mass is 10.0. The number of anilines is 2. The number of para-hydroxylation sites is 1. The maximum Gasteiger partial charge on any atom is 0.236 e. The fraction of sp³-hybridized carbons (Fsp3) is 0.455. The summed E-state index contributed by atoms with van der Waals surface area (Å²) in [6, 6.07) is 14.9. The van der Waals surface area contributed by atoms with E-state index in [2.05, 4.69) is 49.3 Å². The minimum Gasteiger partial charge on any atom is -0.336 e. The van der Waals surface area contributed by atoms with Gasteiger partial charge in [-0.15, -0.1) is 0 Å². The number of hydrogen-bond acceptors (Lipinski definition) is 5. The summed E-state index contributed by atoms with van der Waals surface area (Å²) in [7, 11) is 2.04. The van der Waals surface area contributed by atoms with Gasteiger partial charge in [0.1, 0.15) is 5.82 Å². The molecule has 2 aromatic rings. The molecule has 28 heavy (non-hydrogen) atoms. The fourth-order valence-electron chi connectivity index (χ4n) is 4.19. The molecule has 3 heterocycles. The molecule has 1 aromatic heterocycles. The average Bonchev–Trinajstić information content (AvgIpc) is 2.75. The maximum atomic E-state index is 12.2. The highest BCUT2D eigenvalue weighted by Crippen LogP contribution is 2.22. The van der Waals surface area contributed by atoms with Gasteiger partial charge in [0.15, 0.2) is 0 Å². The van der Waals surface area contributed by atoms with Gasteiger partial charge in [-0.3, -0.25) is 9.69 Å². The standard InChI is InChI=1S/C22H29N5O/c1-25(19-6-3-2-4-7-19)21-10-9-18(14-24-21)16-26-12-5-8-20(17-26)27-13-11-23-15-22(27)28/h2-4,6-7,9-10,14,20,23H,5,8,11-13,15-17H2,1H3. The molecule has 0 saturated carbocycles. The van der Waals surface area contributed by atoms with Gasteiger partial charge < -0.3 is 15.1 Å². The van der Waals surface area contributed by atoms with Crippen LogP contribution in [0.3, 0.4) is 0 Å². The third-order valence-electron chi connectivity index (χ3n) is 5.75. The molecular formula is C22H29N5O. The lowest BCUT2D eigenvalue weighted by molar-refractivity contribution is -0.135. The second kappa shape index (κ2) is 8.71. The van der Waals surface area contributed by atoms with Gasteiger partial charge in [0.05, 0.1) is 6.54 Å². The molecule has 0 aliphatic carbocycles. The Hall–Kier alpha value is -2.44. The van der Waals surface area contributed by atoms with Gasteiger partial charge in [0.2, 0.25) is 5.91 Å². The van der Waals surface area contributed by atoms with Crippen LogP contribution in [0.4, 0.5) is 11.5 Å². The molecule has 1 atom stereocenters. The zero-order valence-electron chi connectivity index (χ0n) is 16.6. The van der Waals surface area contributed by atoms with Gasteiger partial charge in [-0.1, -0.05) is 24.3 Å². The third kappa shape index (κ3) is 4.34. The van der Waals surface area contributed by atoms with E-state index in [-0.39, 0.29) is 5.91 Å². The van der Waals surface area contributed by atoms with Gasteiger partial charge in [-0.05, 0) is 43.1 Å². The minimum absolute atomic E-state index is 0.244. The number of likely N-dealkylation sites (tertiary alicyclic amines) is 1. The van der Waals surface area contributed by atoms with Crippen LogP contribution in [0.25, 0.3) is 0 Å². The Morgan fingerprint density at radius 1 is 1.18 bits per heavy atom. The largest absolute Gasteiger partial charge is 0.336 e. The molecule has 0 spiro atoms. The van der Waals surface area contributed by atoms with Gasteiger partial charge in [0, 0.05) is 51.2 Å². The topological polar surface area (TPSA) is 51.7 Å². The number of nitrogens with zero attached hydrogens (tertiary/aromatic N) is 4. The molecule has 2 aliphatic heterocycles. The van der Waals surface area contributed by atoms with Crippen molar-refractivity contribution in [3.63, 3.8) is 0 Å². The molecule has 2 saturated heterocycles. The van der Waals surface area contributed by atoms with Crippen molar-refractivity contribution in [2.75, 3.05) is 44.7 Å². The number of rotatable bonds is 5. The van der Waals surface area contributed by atoms with Crippen LogP contribution in [0.2, 0.25) is 0 Å². The molecule has 148 valence electrons. The van der Waals surface area contributed by atoms with Gasteiger partial charge in [-0.25, -0.2) is 4.98 Å². The lowest BCUT2D eigenvalue weighted by Crippen LogP contribution is -2.56. The molecule has 1 aromatic carbocycles. The molecule has 6 nitrogen and oxygen atoms in total. The van der Waals surface area contributed by atoms with Crippen LogP contribution in [0, 0.1) is 0 Å². The van der Waals surface area contributed by atoms with E-state index in [1.807, 2.05) is 31.4 Å². The minimum atomic E-state index is 0.244. The monoisotopic (exact) mass is 379 g/mol. The summed E-state index contributed by atoms with van der Waals surface area (Å²) in [6.07, 6.45) is 4.24. The number of piperidine rings is 1. The number of amides is 1. The molecule has 2 aliphatic rings. The van der Waals surface area contributed by atoms with Crippen molar-refractivity contribution in [2.24, 2.45) is 0 Å². The van der Waals surface area contributed by atoms with Gasteiger partial charge in [0.25, 0.3) is 0 Å². The number of carbonyl (C=O) groups excluding carboxylic acids is 1. The average molecular weight is 380 g/mol. The number of benzene rings is 1. The number of pyridine rings is 1. The van der Waals surface area contributed by atoms with E-state index in [0.717, 1.165) is 57.1 Å². The molecule has 0 radical (unpaired) electrons. The predicted molar refractivity (Wildman–Crippen MR) is 112 cm³/mol. The zero-order valence-corrected chi connectivity index (χ0v) is 16.6. The first-order valence-electron chi connectivity index (χ1n) is 10.2. The first kappa shape index (κ1) is 18.9. The molecule has 0 bridgehead atoms. The smallest absolute Gasteiger partial charge is 0.236 e. The summed E-state index contributed by atoms with van der Waals surface area (Å²) in [5.41, 5.74) is 2.35. The highest BCUT2D eigenvalue weighted by molar-refractivity contribution is 5.79. The SMILES string of the molecule is CN(c1ccccc1)c1ccc(CN2CCCC(N3CCNCC3=O)C2)cn1. The van der Waals surface area contributed by atoms with Crippen LogP contribution in [-0.2, 0) is 11.3 Å². The van der Waals surface area contributed by atoms with Crippen molar-refractivity contribution in [3.8, 4) is 0 Å². The first-order valence-corrected chi connectivity index (χ1v) is 10.2. The first-order chi connectivity index (χ1) is 13.7. The summed E-state index contributed by atoms with van der Waals surface area (Å²) in [5.74, 6) is 1.19. The number of hydrogen-bond donors (Lipinski definition) is 1. The Labute approximate surface area is 167 Å². The molecule has 1 N–H and O–H groups in total. The summed E-state index contributed by atoms with van der Waals surface area (Å²) in [4.78, 5) is 23.5. The zero-order chi connectivity index (χ0) is 19.3. The molecule has 6 heteroatoms. The van der Waals surface area contributed by atoms with Crippen molar-refractivity contribution in [2.45, 2.75) is 25.4 Å². The number of nitrogens with one attached hydrogen (secondary N) is 1. The van der Waals surface area contributed by atoms with E-state index in [1.165, 1.54) is 5.56 Å². The van der Waals surface area contributed by atoms with Crippen molar-refractivity contribution in [1.29, 1.82) is 0 Å². The summed E-state index contributed by atoms with van der Waals surface area (Å²) in [5, 5.41) is 3.16. The van der Waals surface area contributed by atoms with Crippen LogP contribution in [0.1, 0.15) is 18.4 Å². The number of aromatic nitrogens is 1. The quantitative estimate of drug-likeness (QED) is 0.864. The van der Waals surface area contributed by atoms with Crippen molar-refractivity contribution < 1.29 is 4.79 Å². The molecule has 2 fully saturated rings. The second-order valence-corrected chi connectivity index (χ2v) is 7.71. The van der Waals surface area contributed by atoms with E-state index in [0.29, 0.717) is 12.6 Å². The normalized spacial score (nSPS) is 21.0. The Balaban J connectivity index is 1.37. The fourth-order valence-corrected chi connectivity index (χ4v) is 4.19. The molecular weight excluding hydrogens is 350 g/mol. The van der Waals surface area contributed by atoms with Crippen molar-refractivity contribution >= 4 is 17.4 Å². The highest BCUT2D eigenvalue weighted by atomic mass is 16.2. The summed E-state index contributed by atoms with van der Waals surface area (Å²) >= 11 is 0. The molecule has 1 unspecified atom stereocenters. The van der Waals surface area contributed by atoms with Crippen molar-refractivity contribution in [3.05, 3.63) is 54.2 Å².